The molecule has 4 heteroatoms. The van der Waals surface area contributed by atoms with Gasteiger partial charge in [0.25, 0.3) is 6.43 Å². The number of rotatable bonds is 3. The highest BCUT2D eigenvalue weighted by molar-refractivity contribution is 6.30. The number of hydrogen-bond donors (Lipinski definition) is 1. The molecule has 1 aromatic carbocycles. The van der Waals surface area contributed by atoms with Crippen molar-refractivity contribution >= 4 is 11.6 Å². The maximum absolute atomic E-state index is 12.7. The highest BCUT2D eigenvalue weighted by Crippen LogP contribution is 2.38. The van der Waals surface area contributed by atoms with Crippen molar-refractivity contribution in [3.63, 3.8) is 0 Å². The lowest BCUT2D eigenvalue weighted by atomic mass is 9.99. The van der Waals surface area contributed by atoms with E-state index in [4.69, 9.17) is 17.3 Å². The number of benzene rings is 1. The fourth-order valence-corrected chi connectivity index (χ4v) is 1.85. The Balaban J connectivity index is 2.29. The molecule has 0 unspecified atom stereocenters. The zero-order chi connectivity index (χ0) is 11.1. The number of halogens is 3. The van der Waals surface area contributed by atoms with Gasteiger partial charge in [-0.25, -0.2) is 8.78 Å². The van der Waals surface area contributed by atoms with Gasteiger partial charge in [-0.1, -0.05) is 17.7 Å². The van der Waals surface area contributed by atoms with Gasteiger partial charge in [0.1, 0.15) is 0 Å². The minimum Gasteiger partial charge on any atom is -0.325 e. The smallest absolute Gasteiger partial charge is 0.264 e. The normalized spacial score (nSPS) is 18.2. The van der Waals surface area contributed by atoms with Crippen LogP contribution >= 0.6 is 11.6 Å². The lowest BCUT2D eigenvalue weighted by Gasteiger charge is -2.13. The number of hydrogen-bond acceptors (Lipinski definition) is 1. The Morgan fingerprint density at radius 3 is 2.60 bits per heavy atom. The molecular formula is C11H12ClF2N. The van der Waals surface area contributed by atoms with Gasteiger partial charge >= 0.3 is 0 Å². The first-order valence-corrected chi connectivity index (χ1v) is 5.23. The van der Waals surface area contributed by atoms with Crippen molar-refractivity contribution in [3.8, 4) is 0 Å². The Morgan fingerprint density at radius 2 is 2.07 bits per heavy atom. The van der Waals surface area contributed by atoms with E-state index >= 15 is 0 Å². The molecule has 0 aromatic heterocycles. The first-order valence-electron chi connectivity index (χ1n) is 4.86. The predicted molar refractivity (Wildman–Crippen MR) is 56.3 cm³/mol. The van der Waals surface area contributed by atoms with Gasteiger partial charge in [0.15, 0.2) is 0 Å². The molecule has 1 aliphatic rings. The highest BCUT2D eigenvalue weighted by atomic mass is 35.5. The van der Waals surface area contributed by atoms with E-state index in [1.54, 1.807) is 6.07 Å². The van der Waals surface area contributed by atoms with Crippen molar-refractivity contribution < 1.29 is 8.78 Å². The van der Waals surface area contributed by atoms with Crippen molar-refractivity contribution in [1.82, 2.24) is 0 Å². The van der Waals surface area contributed by atoms with E-state index in [2.05, 4.69) is 0 Å². The second-order valence-corrected chi connectivity index (χ2v) is 4.62. The van der Waals surface area contributed by atoms with Crippen LogP contribution in [0.1, 0.15) is 30.4 Å². The fraction of sp³-hybridized carbons (Fsp3) is 0.455. The van der Waals surface area contributed by atoms with Crippen LogP contribution < -0.4 is 5.73 Å². The van der Waals surface area contributed by atoms with Crippen LogP contribution in [0.4, 0.5) is 8.78 Å². The quantitative estimate of drug-likeness (QED) is 0.849. The third-order valence-corrected chi connectivity index (χ3v) is 3.01. The van der Waals surface area contributed by atoms with Gasteiger partial charge in [-0.3, -0.25) is 0 Å². The van der Waals surface area contributed by atoms with Crippen molar-refractivity contribution in [2.75, 3.05) is 0 Å². The van der Waals surface area contributed by atoms with E-state index in [1.165, 1.54) is 12.1 Å². The molecule has 0 heterocycles. The molecule has 0 spiro atoms. The van der Waals surface area contributed by atoms with Crippen LogP contribution in [0, 0.1) is 0 Å². The summed E-state index contributed by atoms with van der Waals surface area (Å²) in [5, 5.41) is 0.485. The summed E-state index contributed by atoms with van der Waals surface area (Å²) < 4.78 is 25.3. The van der Waals surface area contributed by atoms with Crippen molar-refractivity contribution in [1.29, 1.82) is 0 Å². The van der Waals surface area contributed by atoms with E-state index in [0.29, 0.717) is 17.0 Å². The second kappa shape index (κ2) is 3.72. The van der Waals surface area contributed by atoms with Gasteiger partial charge in [-0.2, -0.15) is 0 Å². The molecule has 1 nitrogen and oxygen atoms in total. The third-order valence-electron chi connectivity index (χ3n) is 2.77. The molecule has 2 rings (SSSR count). The Kier molecular flexibility index (Phi) is 2.69. The monoisotopic (exact) mass is 231 g/mol. The zero-order valence-electron chi connectivity index (χ0n) is 8.14. The Morgan fingerprint density at radius 1 is 1.40 bits per heavy atom. The van der Waals surface area contributed by atoms with Crippen LogP contribution in [0.3, 0.4) is 0 Å². The summed E-state index contributed by atoms with van der Waals surface area (Å²) in [6, 6.07) is 4.46. The van der Waals surface area contributed by atoms with Gasteiger partial charge in [0.05, 0.1) is 0 Å². The lowest BCUT2D eigenvalue weighted by molar-refractivity contribution is 0.150. The fourth-order valence-electron chi connectivity index (χ4n) is 1.66. The maximum atomic E-state index is 12.7. The van der Waals surface area contributed by atoms with Crippen LogP contribution in [0.2, 0.25) is 5.02 Å². The van der Waals surface area contributed by atoms with E-state index in [1.807, 2.05) is 0 Å². The van der Waals surface area contributed by atoms with Crippen molar-refractivity contribution in [2.45, 2.75) is 31.2 Å². The number of alkyl halides is 2. The molecule has 1 fully saturated rings. The molecule has 15 heavy (non-hydrogen) atoms. The average molecular weight is 232 g/mol. The molecule has 0 atom stereocenters. The summed E-state index contributed by atoms with van der Waals surface area (Å²) in [7, 11) is 0. The SMILES string of the molecule is NC1(Cc2cc(Cl)ccc2C(F)F)CC1. The topological polar surface area (TPSA) is 26.0 Å². The summed E-state index contributed by atoms with van der Waals surface area (Å²) >= 11 is 5.79. The summed E-state index contributed by atoms with van der Waals surface area (Å²) in [5.74, 6) is 0. The third kappa shape index (κ3) is 2.47. The van der Waals surface area contributed by atoms with Crippen LogP contribution in [0.25, 0.3) is 0 Å². The average Bonchev–Trinajstić information content (AvgIpc) is 2.82. The molecular weight excluding hydrogens is 220 g/mol. The molecule has 82 valence electrons. The molecule has 2 N–H and O–H groups in total. The molecule has 1 aromatic rings. The van der Waals surface area contributed by atoms with E-state index in [9.17, 15) is 8.78 Å². The van der Waals surface area contributed by atoms with Crippen LogP contribution in [0.5, 0.6) is 0 Å². The minimum absolute atomic E-state index is 0.0520. The predicted octanol–water partition coefficient (Wildman–Crippen LogP) is 3.31. The van der Waals surface area contributed by atoms with Gasteiger partial charge in [-0.15, -0.1) is 0 Å². The second-order valence-electron chi connectivity index (χ2n) is 4.18. The summed E-state index contributed by atoms with van der Waals surface area (Å²) in [6.45, 7) is 0. The number of nitrogens with two attached hydrogens (primary N) is 1. The van der Waals surface area contributed by atoms with Crippen molar-refractivity contribution in [3.05, 3.63) is 34.3 Å². The molecule has 1 saturated carbocycles. The van der Waals surface area contributed by atoms with Crippen molar-refractivity contribution in [2.24, 2.45) is 5.73 Å². The van der Waals surface area contributed by atoms with Gasteiger partial charge < -0.3 is 5.73 Å². The van der Waals surface area contributed by atoms with E-state index in [-0.39, 0.29) is 11.1 Å². The molecule has 1 aliphatic carbocycles. The highest BCUT2D eigenvalue weighted by Gasteiger charge is 2.38. The molecule has 0 radical (unpaired) electrons. The zero-order valence-corrected chi connectivity index (χ0v) is 8.90. The largest absolute Gasteiger partial charge is 0.325 e. The first kappa shape index (κ1) is 10.8. The Labute approximate surface area is 92.2 Å². The molecule has 0 aliphatic heterocycles. The molecule has 0 saturated heterocycles. The van der Waals surface area contributed by atoms with Crippen LogP contribution in [-0.2, 0) is 6.42 Å². The summed E-state index contributed by atoms with van der Waals surface area (Å²) in [6.07, 6.45) is -0.155. The maximum Gasteiger partial charge on any atom is 0.264 e. The lowest BCUT2D eigenvalue weighted by Crippen LogP contribution is -2.25. The van der Waals surface area contributed by atoms with Gasteiger partial charge in [0.2, 0.25) is 0 Å². The van der Waals surface area contributed by atoms with E-state index < -0.39 is 6.43 Å². The Bertz CT molecular complexity index is 375. The minimum atomic E-state index is -2.46. The van der Waals surface area contributed by atoms with Gasteiger partial charge in [-0.05, 0) is 37.0 Å². The van der Waals surface area contributed by atoms with Crippen LogP contribution in [-0.4, -0.2) is 5.54 Å². The standard InChI is InChI=1S/C11H12ClF2N/c12-8-1-2-9(10(13)14)7(5-8)6-11(15)3-4-11/h1-2,5,10H,3-4,6,15H2. The summed E-state index contributed by atoms with van der Waals surface area (Å²) in [5.41, 5.74) is 6.27. The summed E-state index contributed by atoms with van der Waals surface area (Å²) in [4.78, 5) is 0. The first-order chi connectivity index (χ1) is 7.00. The van der Waals surface area contributed by atoms with Crippen LogP contribution in [0.15, 0.2) is 18.2 Å². The molecule has 0 bridgehead atoms. The van der Waals surface area contributed by atoms with Gasteiger partial charge in [0, 0.05) is 16.1 Å². The molecule has 0 amide bonds. The van der Waals surface area contributed by atoms with E-state index in [0.717, 1.165) is 12.8 Å². The Hall–Kier alpha value is -0.670.